The number of hydrogen-bond donors (Lipinski definition) is 1. The van der Waals surface area contributed by atoms with Gasteiger partial charge in [-0.25, -0.2) is 0 Å². The number of ether oxygens (including phenoxy) is 1. The van der Waals surface area contributed by atoms with Crippen molar-refractivity contribution < 1.29 is 19.4 Å². The Balaban J connectivity index is 2.06. The van der Waals surface area contributed by atoms with E-state index in [0.29, 0.717) is 12.2 Å². The topological polar surface area (TPSA) is 68.5 Å². The van der Waals surface area contributed by atoms with Gasteiger partial charge in [0.05, 0.1) is 12.6 Å². The fourth-order valence-corrected chi connectivity index (χ4v) is 3.23. The highest BCUT2D eigenvalue weighted by molar-refractivity contribution is 6.02. The molecule has 0 bridgehead atoms. The Morgan fingerprint density at radius 3 is 2.56 bits per heavy atom. The second-order valence-corrected chi connectivity index (χ2v) is 6.26. The first kappa shape index (κ1) is 18.5. The van der Waals surface area contributed by atoms with E-state index in [9.17, 15) is 9.59 Å². The molecule has 138 valence electrons. The number of aliphatic carboxylic acids is 1. The van der Waals surface area contributed by atoms with Crippen LogP contribution in [0, 0.1) is 6.92 Å². The van der Waals surface area contributed by atoms with Crippen molar-refractivity contribution in [2.45, 2.75) is 19.8 Å². The van der Waals surface area contributed by atoms with Gasteiger partial charge in [-0.1, -0.05) is 30.3 Å². The van der Waals surface area contributed by atoms with Crippen molar-refractivity contribution in [3.63, 3.8) is 0 Å². The maximum atomic E-state index is 12.9. The summed E-state index contributed by atoms with van der Waals surface area (Å²) in [6.45, 7) is 1.85. The monoisotopic (exact) mass is 363 g/mol. The molecular weight excluding hydrogens is 342 g/mol. The molecule has 1 heterocycles. The fraction of sp³-hybridized carbons (Fsp3) is 0.182. The highest BCUT2D eigenvalue weighted by atomic mass is 16.5. The molecular formula is C22H21NO4. The van der Waals surface area contributed by atoms with E-state index in [-0.39, 0.29) is 12.3 Å². The summed E-state index contributed by atoms with van der Waals surface area (Å²) in [4.78, 5) is 23.9. The molecule has 0 radical (unpaired) electrons. The van der Waals surface area contributed by atoms with Crippen LogP contribution in [0.15, 0.2) is 54.6 Å². The predicted octanol–water partition coefficient (Wildman–Crippen LogP) is 4.33. The van der Waals surface area contributed by atoms with Gasteiger partial charge in [0, 0.05) is 23.6 Å². The molecule has 5 heteroatoms. The van der Waals surface area contributed by atoms with Crippen LogP contribution in [0.4, 0.5) is 0 Å². The molecule has 0 saturated carbocycles. The van der Waals surface area contributed by atoms with Crippen molar-refractivity contribution >= 4 is 28.9 Å². The number of carboxylic acids is 1. The number of methoxy groups -OCH3 is 1. The van der Waals surface area contributed by atoms with Crippen molar-refractivity contribution in [1.82, 2.24) is 4.57 Å². The van der Waals surface area contributed by atoms with Crippen molar-refractivity contribution in [3.8, 4) is 5.75 Å². The Kier molecular flexibility index (Phi) is 5.41. The summed E-state index contributed by atoms with van der Waals surface area (Å²) in [6.07, 6.45) is 3.67. The van der Waals surface area contributed by atoms with Crippen LogP contribution in [0.25, 0.3) is 17.0 Å². The van der Waals surface area contributed by atoms with Crippen LogP contribution >= 0.6 is 0 Å². The molecule has 0 amide bonds. The molecule has 0 unspecified atom stereocenters. The van der Waals surface area contributed by atoms with Crippen LogP contribution in [0.3, 0.4) is 0 Å². The lowest BCUT2D eigenvalue weighted by Crippen LogP contribution is -2.09. The Hall–Kier alpha value is -3.34. The molecule has 0 aliphatic heterocycles. The number of rotatable bonds is 6. The van der Waals surface area contributed by atoms with Crippen LogP contribution < -0.4 is 4.74 Å². The van der Waals surface area contributed by atoms with E-state index in [1.165, 1.54) is 6.08 Å². The maximum Gasteiger partial charge on any atom is 0.303 e. The number of aryl methyl sites for hydroxylation is 1. The molecule has 0 atom stereocenters. The standard InChI is InChI=1S/C22H21NO4/c1-15-18(10-13-22(25)26)19-14-17(27-2)9-11-20(19)23(15)21(24)12-8-16-6-4-3-5-7-16/h3-9,11-12,14H,10,13H2,1-2H3,(H,25,26). The number of carbonyl (C=O) groups is 2. The zero-order valence-electron chi connectivity index (χ0n) is 15.3. The third kappa shape index (κ3) is 3.92. The van der Waals surface area contributed by atoms with Crippen LogP contribution in [0.1, 0.15) is 28.0 Å². The summed E-state index contributed by atoms with van der Waals surface area (Å²) in [6, 6.07) is 15.1. The van der Waals surface area contributed by atoms with E-state index in [1.54, 1.807) is 23.8 Å². The first-order valence-corrected chi connectivity index (χ1v) is 8.68. The van der Waals surface area contributed by atoms with E-state index >= 15 is 0 Å². The maximum absolute atomic E-state index is 12.9. The molecule has 27 heavy (non-hydrogen) atoms. The molecule has 5 nitrogen and oxygen atoms in total. The van der Waals surface area contributed by atoms with Gasteiger partial charge in [0.1, 0.15) is 5.75 Å². The number of hydrogen-bond acceptors (Lipinski definition) is 3. The van der Waals surface area contributed by atoms with Crippen LogP contribution in [0.5, 0.6) is 5.75 Å². The van der Waals surface area contributed by atoms with Crippen LogP contribution in [0.2, 0.25) is 0 Å². The third-order valence-corrected chi connectivity index (χ3v) is 4.57. The second-order valence-electron chi connectivity index (χ2n) is 6.26. The number of nitrogens with zero attached hydrogens (tertiary/aromatic N) is 1. The van der Waals surface area contributed by atoms with Gasteiger partial charge < -0.3 is 9.84 Å². The minimum atomic E-state index is -0.867. The summed E-state index contributed by atoms with van der Waals surface area (Å²) in [7, 11) is 1.58. The van der Waals surface area contributed by atoms with Gasteiger partial charge in [0.25, 0.3) is 5.91 Å². The predicted molar refractivity (Wildman–Crippen MR) is 105 cm³/mol. The van der Waals surface area contributed by atoms with Crippen molar-refractivity contribution in [1.29, 1.82) is 0 Å². The lowest BCUT2D eigenvalue weighted by molar-refractivity contribution is -0.136. The summed E-state index contributed by atoms with van der Waals surface area (Å²) < 4.78 is 6.92. The molecule has 1 aromatic heterocycles. The van der Waals surface area contributed by atoms with Crippen LogP contribution in [-0.2, 0) is 11.2 Å². The average Bonchev–Trinajstić information content (AvgIpc) is 2.95. The largest absolute Gasteiger partial charge is 0.497 e. The third-order valence-electron chi connectivity index (χ3n) is 4.57. The summed E-state index contributed by atoms with van der Waals surface area (Å²) >= 11 is 0. The Bertz CT molecular complexity index is 1020. The average molecular weight is 363 g/mol. The SMILES string of the molecule is COc1ccc2c(c1)c(CCC(=O)O)c(C)n2C(=O)C=Cc1ccccc1. The van der Waals surface area contributed by atoms with Crippen molar-refractivity contribution in [3.05, 3.63) is 71.4 Å². The zero-order valence-corrected chi connectivity index (χ0v) is 15.3. The Morgan fingerprint density at radius 1 is 1.15 bits per heavy atom. The normalized spacial score (nSPS) is 11.2. The molecule has 0 fully saturated rings. The molecule has 1 N–H and O–H groups in total. The van der Waals surface area contributed by atoms with Gasteiger partial charge in [0.2, 0.25) is 0 Å². The molecule has 0 saturated heterocycles. The van der Waals surface area contributed by atoms with Gasteiger partial charge in [-0.2, -0.15) is 0 Å². The van der Waals surface area contributed by atoms with Gasteiger partial charge in [-0.15, -0.1) is 0 Å². The van der Waals surface area contributed by atoms with Gasteiger partial charge >= 0.3 is 5.97 Å². The quantitative estimate of drug-likeness (QED) is 0.662. The number of benzene rings is 2. The lowest BCUT2D eigenvalue weighted by Gasteiger charge is -2.04. The number of allylic oxidation sites excluding steroid dienone is 1. The Labute approximate surface area is 157 Å². The fourth-order valence-electron chi connectivity index (χ4n) is 3.23. The molecule has 0 aliphatic rings. The lowest BCUT2D eigenvalue weighted by atomic mass is 10.1. The highest BCUT2D eigenvalue weighted by Crippen LogP contribution is 2.30. The minimum absolute atomic E-state index is 0.00517. The van der Waals surface area contributed by atoms with Crippen molar-refractivity contribution in [2.75, 3.05) is 7.11 Å². The Morgan fingerprint density at radius 2 is 1.89 bits per heavy atom. The van der Waals surface area contributed by atoms with E-state index in [1.807, 2.05) is 49.4 Å². The van der Waals surface area contributed by atoms with Crippen LogP contribution in [-0.4, -0.2) is 28.7 Å². The number of aromatic nitrogens is 1. The highest BCUT2D eigenvalue weighted by Gasteiger charge is 2.18. The first-order chi connectivity index (χ1) is 13.0. The number of carbonyl (C=O) groups excluding carboxylic acids is 1. The minimum Gasteiger partial charge on any atom is -0.497 e. The number of carboxylic acid groups (broad SMARTS) is 1. The van der Waals surface area contributed by atoms with Gasteiger partial charge in [0.15, 0.2) is 0 Å². The summed E-state index contributed by atoms with van der Waals surface area (Å²) in [5.41, 5.74) is 3.29. The summed E-state index contributed by atoms with van der Waals surface area (Å²) in [5, 5.41) is 9.90. The van der Waals surface area contributed by atoms with E-state index in [2.05, 4.69) is 0 Å². The van der Waals surface area contributed by atoms with E-state index in [0.717, 1.165) is 27.7 Å². The molecule has 0 aliphatic carbocycles. The van der Waals surface area contributed by atoms with Crippen molar-refractivity contribution in [2.24, 2.45) is 0 Å². The first-order valence-electron chi connectivity index (χ1n) is 8.68. The zero-order chi connectivity index (χ0) is 19.4. The number of fused-ring (bicyclic) bond motifs is 1. The smallest absolute Gasteiger partial charge is 0.303 e. The van der Waals surface area contributed by atoms with Gasteiger partial charge in [-0.05, 0) is 48.7 Å². The molecule has 0 spiro atoms. The summed E-state index contributed by atoms with van der Waals surface area (Å²) in [5.74, 6) is -0.370. The molecule has 2 aromatic carbocycles. The second kappa shape index (κ2) is 7.91. The molecule has 3 aromatic rings. The van der Waals surface area contributed by atoms with Gasteiger partial charge in [-0.3, -0.25) is 14.2 Å². The van der Waals surface area contributed by atoms with E-state index in [4.69, 9.17) is 9.84 Å². The van der Waals surface area contributed by atoms with E-state index < -0.39 is 5.97 Å². The molecule has 3 rings (SSSR count).